The summed E-state index contributed by atoms with van der Waals surface area (Å²) in [6.45, 7) is 2.03. The number of carbonyl (C=O) groups is 1. The molecule has 0 spiro atoms. The lowest BCUT2D eigenvalue weighted by Gasteiger charge is -2.20. The van der Waals surface area contributed by atoms with E-state index in [2.05, 4.69) is 21.9 Å². The Labute approximate surface area is 122 Å². The van der Waals surface area contributed by atoms with Crippen LogP contribution in [0.25, 0.3) is 0 Å². The Morgan fingerprint density at radius 1 is 1.52 bits per heavy atom. The first-order chi connectivity index (χ1) is 10.3. The number of aromatic nitrogens is 1. The van der Waals surface area contributed by atoms with Crippen molar-refractivity contribution in [3.8, 4) is 0 Å². The molecule has 2 aromatic rings. The normalized spacial score (nSPS) is 13.8. The maximum Gasteiger partial charge on any atom is 0.277 e. The van der Waals surface area contributed by atoms with Crippen molar-refractivity contribution in [2.24, 2.45) is 0 Å². The minimum atomic E-state index is -0.278. The number of hydrogen-bond acceptors (Lipinski definition) is 5. The maximum atomic E-state index is 12.2. The van der Waals surface area contributed by atoms with Crippen molar-refractivity contribution >= 4 is 11.6 Å². The third-order valence-electron chi connectivity index (χ3n) is 3.47. The fourth-order valence-electron chi connectivity index (χ4n) is 2.45. The van der Waals surface area contributed by atoms with Gasteiger partial charge in [-0.3, -0.25) is 4.79 Å². The quantitative estimate of drug-likeness (QED) is 0.895. The number of methoxy groups -OCH3 is 1. The molecule has 3 rings (SSSR count). The third-order valence-corrected chi connectivity index (χ3v) is 3.47. The Balaban J connectivity index is 1.78. The summed E-state index contributed by atoms with van der Waals surface area (Å²) in [5, 5.41) is 9.97. The number of hydrogen-bond donors (Lipinski definition) is 2. The molecule has 2 heterocycles. The molecule has 0 atom stereocenters. The van der Waals surface area contributed by atoms with Gasteiger partial charge in [-0.25, -0.2) is 0 Å². The van der Waals surface area contributed by atoms with Gasteiger partial charge < -0.3 is 19.9 Å². The summed E-state index contributed by atoms with van der Waals surface area (Å²) in [6.07, 6.45) is 0.973. The Kier molecular flexibility index (Phi) is 3.98. The fourth-order valence-corrected chi connectivity index (χ4v) is 2.45. The highest BCUT2D eigenvalue weighted by atomic mass is 16.5. The Morgan fingerprint density at radius 3 is 3.29 bits per heavy atom. The predicted molar refractivity (Wildman–Crippen MR) is 77.0 cm³/mol. The molecule has 1 aliphatic rings. The summed E-state index contributed by atoms with van der Waals surface area (Å²) in [4.78, 5) is 12.2. The van der Waals surface area contributed by atoms with Crippen LogP contribution in [-0.4, -0.2) is 24.7 Å². The van der Waals surface area contributed by atoms with Gasteiger partial charge in [-0.2, -0.15) is 0 Å². The van der Waals surface area contributed by atoms with E-state index in [0.29, 0.717) is 12.4 Å². The lowest BCUT2D eigenvalue weighted by Crippen LogP contribution is -2.25. The molecule has 0 bridgehead atoms. The molecule has 1 aliphatic heterocycles. The van der Waals surface area contributed by atoms with E-state index in [1.54, 1.807) is 13.2 Å². The van der Waals surface area contributed by atoms with Crippen molar-refractivity contribution in [3.05, 3.63) is 46.8 Å². The highest BCUT2D eigenvalue weighted by molar-refractivity contribution is 6.03. The summed E-state index contributed by atoms with van der Waals surface area (Å²) in [6, 6.07) is 7.55. The highest BCUT2D eigenvalue weighted by Gasteiger charge is 2.17. The lowest BCUT2D eigenvalue weighted by molar-refractivity contribution is 0.101. The summed E-state index contributed by atoms with van der Waals surface area (Å²) in [5.41, 5.74) is 3.48. The molecule has 6 nitrogen and oxygen atoms in total. The van der Waals surface area contributed by atoms with Crippen molar-refractivity contribution in [1.29, 1.82) is 0 Å². The van der Waals surface area contributed by atoms with Crippen LogP contribution in [0, 0.1) is 0 Å². The number of benzene rings is 1. The van der Waals surface area contributed by atoms with Crippen LogP contribution in [0.2, 0.25) is 0 Å². The molecular weight excluding hydrogens is 270 g/mol. The van der Waals surface area contributed by atoms with E-state index in [9.17, 15) is 4.79 Å². The number of amides is 1. The highest BCUT2D eigenvalue weighted by Crippen LogP contribution is 2.23. The van der Waals surface area contributed by atoms with Gasteiger partial charge in [0.2, 0.25) is 0 Å². The van der Waals surface area contributed by atoms with Gasteiger partial charge in [-0.1, -0.05) is 17.3 Å². The summed E-state index contributed by atoms with van der Waals surface area (Å²) >= 11 is 0. The average Bonchev–Trinajstić information content (AvgIpc) is 2.97. The molecule has 6 heteroatoms. The second kappa shape index (κ2) is 6.07. The molecular formula is C15H17N3O3. The first kappa shape index (κ1) is 13.8. The van der Waals surface area contributed by atoms with Gasteiger partial charge in [0.1, 0.15) is 6.61 Å². The molecule has 1 aromatic heterocycles. The second-order valence-electron chi connectivity index (χ2n) is 4.94. The predicted octanol–water partition coefficient (Wildman–Crippen LogP) is 1.72. The number of nitrogens with one attached hydrogen (secondary N) is 2. The lowest BCUT2D eigenvalue weighted by atomic mass is 9.99. The minimum absolute atomic E-state index is 0.253. The molecule has 0 saturated heterocycles. The molecule has 1 aromatic carbocycles. The van der Waals surface area contributed by atoms with Gasteiger partial charge in [0, 0.05) is 25.4 Å². The van der Waals surface area contributed by atoms with Crippen LogP contribution in [0.5, 0.6) is 0 Å². The molecule has 0 saturated carbocycles. The van der Waals surface area contributed by atoms with E-state index in [-0.39, 0.29) is 11.6 Å². The molecule has 0 fully saturated rings. The molecule has 21 heavy (non-hydrogen) atoms. The van der Waals surface area contributed by atoms with Crippen molar-refractivity contribution in [1.82, 2.24) is 10.5 Å². The smallest absolute Gasteiger partial charge is 0.277 e. The first-order valence-corrected chi connectivity index (χ1v) is 6.85. The monoisotopic (exact) mass is 287 g/mol. The van der Waals surface area contributed by atoms with E-state index in [1.165, 1.54) is 5.56 Å². The number of rotatable bonds is 4. The summed E-state index contributed by atoms with van der Waals surface area (Å²) in [5.74, 6) is 0.250. The zero-order chi connectivity index (χ0) is 14.7. The van der Waals surface area contributed by atoms with E-state index < -0.39 is 0 Å². The molecule has 1 amide bonds. The van der Waals surface area contributed by atoms with E-state index in [4.69, 9.17) is 9.26 Å². The van der Waals surface area contributed by atoms with E-state index >= 15 is 0 Å². The topological polar surface area (TPSA) is 76.4 Å². The van der Waals surface area contributed by atoms with Gasteiger partial charge in [-0.05, 0) is 30.2 Å². The molecule has 0 unspecified atom stereocenters. The molecule has 0 aliphatic carbocycles. The van der Waals surface area contributed by atoms with Crippen LogP contribution in [0.4, 0.5) is 5.69 Å². The second-order valence-corrected chi connectivity index (χ2v) is 4.94. The van der Waals surface area contributed by atoms with Crippen LogP contribution in [-0.2, 0) is 24.3 Å². The standard InChI is InChI=1S/C15H17N3O3/c1-20-9-11-7-14(18-21-11)15(19)17-13-4-2-3-10-5-6-16-8-12(10)13/h2-4,7,16H,5-6,8-9H2,1H3,(H,17,19). The van der Waals surface area contributed by atoms with Gasteiger partial charge in [0.05, 0.1) is 0 Å². The summed E-state index contributed by atoms with van der Waals surface area (Å²) in [7, 11) is 1.56. The number of anilines is 1. The van der Waals surface area contributed by atoms with E-state index in [1.807, 2.05) is 12.1 Å². The van der Waals surface area contributed by atoms with E-state index in [0.717, 1.165) is 30.8 Å². The zero-order valence-electron chi connectivity index (χ0n) is 11.8. The Morgan fingerprint density at radius 2 is 2.43 bits per heavy atom. The number of ether oxygens (including phenoxy) is 1. The number of fused-ring (bicyclic) bond motifs is 1. The van der Waals surface area contributed by atoms with Gasteiger partial charge in [0.25, 0.3) is 5.91 Å². The average molecular weight is 287 g/mol. The van der Waals surface area contributed by atoms with Gasteiger partial charge in [0.15, 0.2) is 11.5 Å². The maximum absolute atomic E-state index is 12.2. The van der Waals surface area contributed by atoms with Crippen molar-refractivity contribution < 1.29 is 14.1 Å². The molecule has 110 valence electrons. The Bertz CT molecular complexity index is 651. The number of carbonyl (C=O) groups excluding carboxylic acids is 1. The van der Waals surface area contributed by atoms with Crippen LogP contribution in [0.15, 0.2) is 28.8 Å². The van der Waals surface area contributed by atoms with Gasteiger partial charge in [-0.15, -0.1) is 0 Å². The van der Waals surface area contributed by atoms with Crippen LogP contribution in [0.1, 0.15) is 27.4 Å². The minimum Gasteiger partial charge on any atom is -0.377 e. The van der Waals surface area contributed by atoms with Crippen LogP contribution in [0.3, 0.4) is 0 Å². The van der Waals surface area contributed by atoms with Crippen molar-refractivity contribution in [2.75, 3.05) is 19.0 Å². The molecule has 2 N–H and O–H groups in total. The van der Waals surface area contributed by atoms with Crippen molar-refractivity contribution in [3.63, 3.8) is 0 Å². The summed E-state index contributed by atoms with van der Waals surface area (Å²) < 4.78 is 9.97. The van der Waals surface area contributed by atoms with Gasteiger partial charge >= 0.3 is 0 Å². The third kappa shape index (κ3) is 2.96. The largest absolute Gasteiger partial charge is 0.377 e. The fraction of sp³-hybridized carbons (Fsp3) is 0.333. The molecule has 0 radical (unpaired) electrons. The van der Waals surface area contributed by atoms with Crippen molar-refractivity contribution in [2.45, 2.75) is 19.6 Å². The first-order valence-electron chi connectivity index (χ1n) is 6.85. The van der Waals surface area contributed by atoms with Crippen LogP contribution >= 0.6 is 0 Å². The van der Waals surface area contributed by atoms with Crippen LogP contribution < -0.4 is 10.6 Å². The zero-order valence-corrected chi connectivity index (χ0v) is 11.8. The number of nitrogens with zero attached hydrogens (tertiary/aromatic N) is 1. The Hall–Kier alpha value is -2.18. The SMILES string of the molecule is COCc1cc(C(=O)Nc2cccc3c2CNCC3)no1.